The van der Waals surface area contributed by atoms with Crippen LogP contribution in [0.25, 0.3) is 0 Å². The first-order chi connectivity index (χ1) is 8.81. The van der Waals surface area contributed by atoms with Crippen LogP contribution in [0.1, 0.15) is 19.8 Å². The molecule has 1 saturated heterocycles. The van der Waals surface area contributed by atoms with Crippen LogP contribution >= 0.6 is 0 Å². The van der Waals surface area contributed by atoms with Crippen LogP contribution in [0.3, 0.4) is 0 Å². The van der Waals surface area contributed by atoms with E-state index in [0.717, 1.165) is 39.1 Å². The molecular formula is C14H22N2O2. The first-order valence-corrected chi connectivity index (χ1v) is 6.79. The van der Waals surface area contributed by atoms with E-state index in [4.69, 9.17) is 4.74 Å². The van der Waals surface area contributed by atoms with Crippen molar-refractivity contribution in [1.29, 1.82) is 0 Å². The molecule has 1 aliphatic heterocycles. The summed E-state index contributed by atoms with van der Waals surface area (Å²) in [6.07, 6.45) is 4.48. The SMILES string of the molecule is CCC1OCCC1CNCCn1ccccc1=O. The van der Waals surface area contributed by atoms with Gasteiger partial charge in [-0.15, -0.1) is 0 Å². The average molecular weight is 250 g/mol. The molecule has 0 aromatic carbocycles. The Kier molecular flexibility index (Phi) is 4.96. The minimum Gasteiger partial charge on any atom is -0.378 e. The maximum absolute atomic E-state index is 11.5. The zero-order chi connectivity index (χ0) is 12.8. The minimum atomic E-state index is 0.0648. The quantitative estimate of drug-likeness (QED) is 0.773. The van der Waals surface area contributed by atoms with E-state index >= 15 is 0 Å². The van der Waals surface area contributed by atoms with Crippen LogP contribution in [0.4, 0.5) is 0 Å². The summed E-state index contributed by atoms with van der Waals surface area (Å²) >= 11 is 0. The Hall–Kier alpha value is -1.13. The highest BCUT2D eigenvalue weighted by Gasteiger charge is 2.25. The normalized spacial score (nSPS) is 23.4. The number of nitrogens with one attached hydrogen (secondary N) is 1. The van der Waals surface area contributed by atoms with Crippen LogP contribution in [-0.2, 0) is 11.3 Å². The lowest BCUT2D eigenvalue weighted by Crippen LogP contribution is -2.32. The molecular weight excluding hydrogens is 228 g/mol. The lowest BCUT2D eigenvalue weighted by molar-refractivity contribution is 0.0873. The summed E-state index contributed by atoms with van der Waals surface area (Å²) in [5.41, 5.74) is 0.0648. The molecule has 0 radical (unpaired) electrons. The van der Waals surface area contributed by atoms with Crippen molar-refractivity contribution in [2.24, 2.45) is 5.92 Å². The summed E-state index contributed by atoms with van der Waals surface area (Å²) in [7, 11) is 0. The predicted molar refractivity (Wildman–Crippen MR) is 71.7 cm³/mol. The molecule has 1 aromatic heterocycles. The van der Waals surface area contributed by atoms with E-state index < -0.39 is 0 Å². The number of rotatable bonds is 6. The molecule has 4 heteroatoms. The first-order valence-electron chi connectivity index (χ1n) is 6.79. The fourth-order valence-electron chi connectivity index (χ4n) is 2.51. The van der Waals surface area contributed by atoms with Gasteiger partial charge in [0.1, 0.15) is 0 Å². The summed E-state index contributed by atoms with van der Waals surface area (Å²) in [6, 6.07) is 5.26. The van der Waals surface area contributed by atoms with E-state index in [1.54, 1.807) is 16.7 Å². The topological polar surface area (TPSA) is 43.3 Å². The van der Waals surface area contributed by atoms with Gasteiger partial charge in [-0.2, -0.15) is 0 Å². The Morgan fingerprint density at radius 2 is 2.39 bits per heavy atom. The van der Waals surface area contributed by atoms with Crippen molar-refractivity contribution in [3.05, 3.63) is 34.7 Å². The van der Waals surface area contributed by atoms with Gasteiger partial charge >= 0.3 is 0 Å². The monoisotopic (exact) mass is 250 g/mol. The molecule has 4 nitrogen and oxygen atoms in total. The van der Waals surface area contributed by atoms with Crippen molar-refractivity contribution in [2.75, 3.05) is 19.7 Å². The van der Waals surface area contributed by atoms with Gasteiger partial charge in [0.2, 0.25) is 0 Å². The molecule has 1 aliphatic rings. The molecule has 2 rings (SSSR count). The Morgan fingerprint density at radius 3 is 3.17 bits per heavy atom. The average Bonchev–Trinajstić information content (AvgIpc) is 2.84. The maximum Gasteiger partial charge on any atom is 0.250 e. The smallest absolute Gasteiger partial charge is 0.250 e. The van der Waals surface area contributed by atoms with Crippen molar-refractivity contribution >= 4 is 0 Å². The van der Waals surface area contributed by atoms with Gasteiger partial charge < -0.3 is 14.6 Å². The third kappa shape index (κ3) is 3.43. The summed E-state index contributed by atoms with van der Waals surface area (Å²) in [6.45, 7) is 5.61. The summed E-state index contributed by atoms with van der Waals surface area (Å²) in [4.78, 5) is 11.5. The van der Waals surface area contributed by atoms with Gasteiger partial charge in [-0.1, -0.05) is 13.0 Å². The number of ether oxygens (including phenoxy) is 1. The van der Waals surface area contributed by atoms with Crippen molar-refractivity contribution < 1.29 is 4.74 Å². The predicted octanol–water partition coefficient (Wildman–Crippen LogP) is 1.25. The molecule has 2 unspecified atom stereocenters. The van der Waals surface area contributed by atoms with Crippen LogP contribution in [0.15, 0.2) is 29.2 Å². The second-order valence-electron chi connectivity index (χ2n) is 4.80. The molecule has 1 N–H and O–H groups in total. The molecule has 0 bridgehead atoms. The van der Waals surface area contributed by atoms with Crippen LogP contribution < -0.4 is 10.9 Å². The van der Waals surface area contributed by atoms with Gasteiger partial charge in [-0.25, -0.2) is 0 Å². The Morgan fingerprint density at radius 1 is 1.50 bits per heavy atom. The molecule has 100 valence electrons. The van der Waals surface area contributed by atoms with Crippen molar-refractivity contribution in [2.45, 2.75) is 32.4 Å². The Labute approximate surface area is 108 Å². The number of pyridine rings is 1. The van der Waals surface area contributed by atoms with Gasteiger partial charge in [0.15, 0.2) is 0 Å². The van der Waals surface area contributed by atoms with Gasteiger partial charge in [0.05, 0.1) is 6.10 Å². The van der Waals surface area contributed by atoms with E-state index in [9.17, 15) is 4.79 Å². The van der Waals surface area contributed by atoms with Gasteiger partial charge in [0.25, 0.3) is 5.56 Å². The molecule has 1 aromatic rings. The van der Waals surface area contributed by atoms with E-state index in [1.807, 2.05) is 12.3 Å². The van der Waals surface area contributed by atoms with Crippen molar-refractivity contribution in [3.8, 4) is 0 Å². The zero-order valence-electron chi connectivity index (χ0n) is 11.0. The van der Waals surface area contributed by atoms with Gasteiger partial charge in [-0.3, -0.25) is 4.79 Å². The summed E-state index contributed by atoms with van der Waals surface area (Å²) < 4.78 is 7.39. The molecule has 1 fully saturated rings. The van der Waals surface area contributed by atoms with Crippen molar-refractivity contribution in [1.82, 2.24) is 9.88 Å². The standard InChI is InChI=1S/C14H22N2O2/c1-2-13-12(6-10-18-13)11-15-7-9-16-8-4-3-5-14(16)17/h3-5,8,12-13,15H,2,6-7,9-11H2,1H3. The summed E-state index contributed by atoms with van der Waals surface area (Å²) in [5.74, 6) is 0.627. The maximum atomic E-state index is 11.5. The minimum absolute atomic E-state index is 0.0648. The Bertz CT molecular complexity index is 416. The van der Waals surface area contributed by atoms with E-state index in [0.29, 0.717) is 12.0 Å². The molecule has 2 heterocycles. The number of aromatic nitrogens is 1. The highest BCUT2D eigenvalue weighted by molar-refractivity contribution is 4.93. The van der Waals surface area contributed by atoms with Crippen LogP contribution in [-0.4, -0.2) is 30.4 Å². The molecule has 0 aliphatic carbocycles. The van der Waals surface area contributed by atoms with Crippen molar-refractivity contribution in [3.63, 3.8) is 0 Å². The zero-order valence-corrected chi connectivity index (χ0v) is 11.0. The fourth-order valence-corrected chi connectivity index (χ4v) is 2.51. The van der Waals surface area contributed by atoms with E-state index in [1.165, 1.54) is 0 Å². The number of nitrogens with zero attached hydrogens (tertiary/aromatic N) is 1. The van der Waals surface area contributed by atoms with Gasteiger partial charge in [0, 0.05) is 38.5 Å². The van der Waals surface area contributed by atoms with Crippen LogP contribution in [0.2, 0.25) is 0 Å². The number of hydrogen-bond acceptors (Lipinski definition) is 3. The molecule has 18 heavy (non-hydrogen) atoms. The number of hydrogen-bond donors (Lipinski definition) is 1. The Balaban J connectivity index is 1.70. The lowest BCUT2D eigenvalue weighted by Gasteiger charge is -2.17. The second kappa shape index (κ2) is 6.71. The second-order valence-corrected chi connectivity index (χ2v) is 4.80. The highest BCUT2D eigenvalue weighted by Crippen LogP contribution is 2.22. The van der Waals surface area contributed by atoms with E-state index in [2.05, 4.69) is 12.2 Å². The molecule has 0 amide bonds. The lowest BCUT2D eigenvalue weighted by atomic mass is 10.00. The fraction of sp³-hybridized carbons (Fsp3) is 0.643. The molecule has 2 atom stereocenters. The third-order valence-electron chi connectivity index (χ3n) is 3.58. The largest absolute Gasteiger partial charge is 0.378 e. The molecule has 0 saturated carbocycles. The first kappa shape index (κ1) is 13.3. The van der Waals surface area contributed by atoms with E-state index in [-0.39, 0.29) is 5.56 Å². The highest BCUT2D eigenvalue weighted by atomic mass is 16.5. The van der Waals surface area contributed by atoms with Crippen LogP contribution in [0.5, 0.6) is 0 Å². The van der Waals surface area contributed by atoms with Gasteiger partial charge in [-0.05, 0) is 24.8 Å². The third-order valence-corrected chi connectivity index (χ3v) is 3.58. The molecule has 0 spiro atoms. The summed E-state index contributed by atoms with van der Waals surface area (Å²) in [5, 5.41) is 3.43. The van der Waals surface area contributed by atoms with Crippen LogP contribution in [0, 0.1) is 5.92 Å².